The molecule has 170 valence electrons. The molecule has 1 aliphatic heterocycles. The molecule has 32 heavy (non-hydrogen) atoms. The topological polar surface area (TPSA) is 99.5 Å². The van der Waals surface area contributed by atoms with Crippen molar-refractivity contribution in [3.05, 3.63) is 58.4 Å². The Bertz CT molecular complexity index is 1140. The number of rotatable bonds is 7. The predicted octanol–water partition coefficient (Wildman–Crippen LogP) is 3.47. The molecule has 0 unspecified atom stereocenters. The van der Waals surface area contributed by atoms with E-state index in [-0.39, 0.29) is 52.5 Å². The molecule has 0 bridgehead atoms. The third kappa shape index (κ3) is 5.57. The van der Waals surface area contributed by atoms with Crippen LogP contribution in [0.3, 0.4) is 0 Å². The van der Waals surface area contributed by atoms with E-state index < -0.39 is 15.8 Å². The summed E-state index contributed by atoms with van der Waals surface area (Å²) in [5, 5.41) is 11.8. The second kappa shape index (κ2) is 10.3. The van der Waals surface area contributed by atoms with Gasteiger partial charge in [-0.2, -0.15) is 9.57 Å². The first-order valence-corrected chi connectivity index (χ1v) is 12.0. The Balaban J connectivity index is 1.59. The molecule has 1 fully saturated rings. The maximum absolute atomic E-state index is 14.0. The van der Waals surface area contributed by atoms with Gasteiger partial charge >= 0.3 is 0 Å². The van der Waals surface area contributed by atoms with Gasteiger partial charge in [0.1, 0.15) is 11.6 Å². The molecule has 0 saturated carbocycles. The van der Waals surface area contributed by atoms with E-state index in [1.807, 2.05) is 6.07 Å². The average molecular weight is 480 g/mol. The number of nitriles is 1. The molecule has 1 N–H and O–H groups in total. The second-order valence-electron chi connectivity index (χ2n) is 7.37. The normalized spacial score (nSPS) is 15.2. The largest absolute Gasteiger partial charge is 0.494 e. The first kappa shape index (κ1) is 24.0. The summed E-state index contributed by atoms with van der Waals surface area (Å²) >= 11 is 6.05. The molecule has 0 aliphatic carbocycles. The van der Waals surface area contributed by atoms with Crippen LogP contribution in [0.5, 0.6) is 5.75 Å². The molecule has 3 rings (SSSR count). The standard InChI is InChI=1S/C22H23ClFN3O4S/c1-2-31-19-10-18(23)11-20(12-19)32(29,30)27-7-5-16(6-8-27)22(28)26-14-17-4-3-15(13-25)9-21(17)24/h3-4,9-12,16H,2,5-8,14H2,1H3,(H,26,28). The summed E-state index contributed by atoms with van der Waals surface area (Å²) in [5.74, 6) is -0.811. The Morgan fingerprint density at radius 3 is 2.62 bits per heavy atom. The van der Waals surface area contributed by atoms with Crippen LogP contribution in [0.1, 0.15) is 30.9 Å². The molecule has 10 heteroatoms. The highest BCUT2D eigenvalue weighted by Crippen LogP contribution is 2.29. The van der Waals surface area contributed by atoms with Gasteiger partial charge in [-0.05, 0) is 44.0 Å². The summed E-state index contributed by atoms with van der Waals surface area (Å²) < 4.78 is 46.7. The number of halogens is 2. The summed E-state index contributed by atoms with van der Waals surface area (Å²) in [6.45, 7) is 2.54. The van der Waals surface area contributed by atoms with E-state index >= 15 is 0 Å². The molecule has 1 amide bonds. The fourth-order valence-electron chi connectivity index (χ4n) is 3.53. The molecule has 0 spiro atoms. The van der Waals surface area contributed by atoms with E-state index in [1.165, 1.54) is 28.6 Å². The van der Waals surface area contributed by atoms with Gasteiger partial charge in [0.25, 0.3) is 0 Å². The molecule has 0 atom stereocenters. The molecular formula is C22H23ClFN3O4S. The van der Waals surface area contributed by atoms with Gasteiger partial charge < -0.3 is 10.1 Å². The monoisotopic (exact) mass is 479 g/mol. The maximum atomic E-state index is 14.0. The van der Waals surface area contributed by atoms with E-state index in [9.17, 15) is 17.6 Å². The van der Waals surface area contributed by atoms with Crippen LogP contribution in [0.4, 0.5) is 4.39 Å². The van der Waals surface area contributed by atoms with Crippen LogP contribution < -0.4 is 10.1 Å². The number of sulfonamides is 1. The SMILES string of the molecule is CCOc1cc(Cl)cc(S(=O)(=O)N2CCC(C(=O)NCc3ccc(C#N)cc3F)CC2)c1. The highest BCUT2D eigenvalue weighted by atomic mass is 35.5. The van der Waals surface area contributed by atoms with Crippen LogP contribution in [0.2, 0.25) is 5.02 Å². The molecule has 0 radical (unpaired) electrons. The average Bonchev–Trinajstić information content (AvgIpc) is 2.78. The Morgan fingerprint density at radius 1 is 1.28 bits per heavy atom. The second-order valence-corrected chi connectivity index (χ2v) is 9.74. The van der Waals surface area contributed by atoms with E-state index in [2.05, 4.69) is 5.32 Å². The quantitative estimate of drug-likeness (QED) is 0.655. The fourth-order valence-corrected chi connectivity index (χ4v) is 5.35. The lowest BCUT2D eigenvalue weighted by Gasteiger charge is -2.30. The van der Waals surface area contributed by atoms with Gasteiger partial charge in [0.15, 0.2) is 0 Å². The number of carbonyl (C=O) groups excluding carboxylic acids is 1. The number of nitrogens with one attached hydrogen (secondary N) is 1. The van der Waals surface area contributed by atoms with Crippen LogP contribution in [-0.2, 0) is 21.4 Å². The van der Waals surface area contributed by atoms with E-state index in [1.54, 1.807) is 13.0 Å². The smallest absolute Gasteiger partial charge is 0.243 e. The zero-order valence-corrected chi connectivity index (χ0v) is 19.0. The molecule has 2 aromatic carbocycles. The summed E-state index contributed by atoms with van der Waals surface area (Å²) in [4.78, 5) is 12.6. The highest BCUT2D eigenvalue weighted by molar-refractivity contribution is 7.89. The van der Waals surface area contributed by atoms with Crippen LogP contribution in [-0.4, -0.2) is 38.3 Å². The van der Waals surface area contributed by atoms with Crippen LogP contribution in [0.15, 0.2) is 41.3 Å². The molecule has 0 aromatic heterocycles. The van der Waals surface area contributed by atoms with Gasteiger partial charge in [0.05, 0.1) is 23.1 Å². The van der Waals surface area contributed by atoms with Crippen molar-refractivity contribution < 1.29 is 22.3 Å². The third-order valence-electron chi connectivity index (χ3n) is 5.25. The van der Waals surface area contributed by atoms with Crippen LogP contribution in [0, 0.1) is 23.1 Å². The minimum atomic E-state index is -3.78. The van der Waals surface area contributed by atoms with Crippen molar-refractivity contribution in [2.24, 2.45) is 5.92 Å². The van der Waals surface area contributed by atoms with E-state index in [4.69, 9.17) is 21.6 Å². The van der Waals surface area contributed by atoms with Crippen molar-refractivity contribution in [3.8, 4) is 11.8 Å². The van der Waals surface area contributed by atoms with Crippen molar-refractivity contribution in [1.82, 2.24) is 9.62 Å². The van der Waals surface area contributed by atoms with E-state index in [0.29, 0.717) is 25.2 Å². The van der Waals surface area contributed by atoms with E-state index in [0.717, 1.165) is 6.07 Å². The van der Waals surface area contributed by atoms with Crippen molar-refractivity contribution >= 4 is 27.5 Å². The van der Waals surface area contributed by atoms with Crippen LogP contribution >= 0.6 is 11.6 Å². The number of piperidine rings is 1. The van der Waals surface area contributed by atoms with Crippen molar-refractivity contribution in [2.45, 2.75) is 31.2 Å². The van der Waals surface area contributed by atoms with Crippen LogP contribution in [0.25, 0.3) is 0 Å². The minimum absolute atomic E-state index is 0.00237. The molecule has 1 heterocycles. The zero-order chi connectivity index (χ0) is 23.3. The Kier molecular flexibility index (Phi) is 7.72. The summed E-state index contributed by atoms with van der Waals surface area (Å²) in [6, 6.07) is 10.3. The van der Waals surface area contributed by atoms with Gasteiger partial charge in [0, 0.05) is 42.2 Å². The minimum Gasteiger partial charge on any atom is -0.494 e. The maximum Gasteiger partial charge on any atom is 0.243 e. The first-order valence-electron chi connectivity index (χ1n) is 10.1. The molecule has 1 aliphatic rings. The summed E-state index contributed by atoms with van der Waals surface area (Å²) in [5.41, 5.74) is 0.489. The molecule has 7 nitrogen and oxygen atoms in total. The van der Waals surface area contributed by atoms with Crippen molar-refractivity contribution in [3.63, 3.8) is 0 Å². The lowest BCUT2D eigenvalue weighted by atomic mass is 9.97. The number of nitrogens with zero attached hydrogens (tertiary/aromatic N) is 2. The molecule has 2 aromatic rings. The molecular weight excluding hydrogens is 457 g/mol. The Morgan fingerprint density at radius 2 is 2.00 bits per heavy atom. The number of benzene rings is 2. The third-order valence-corrected chi connectivity index (χ3v) is 7.35. The van der Waals surface area contributed by atoms with Gasteiger partial charge in [-0.25, -0.2) is 12.8 Å². The van der Waals surface area contributed by atoms with Gasteiger partial charge in [0.2, 0.25) is 15.9 Å². The fraction of sp³-hybridized carbons (Fsp3) is 0.364. The summed E-state index contributed by atoms with van der Waals surface area (Å²) in [7, 11) is -3.78. The van der Waals surface area contributed by atoms with Crippen molar-refractivity contribution in [1.29, 1.82) is 5.26 Å². The first-order chi connectivity index (χ1) is 15.2. The summed E-state index contributed by atoms with van der Waals surface area (Å²) in [6.07, 6.45) is 0.694. The number of hydrogen-bond donors (Lipinski definition) is 1. The lowest BCUT2D eigenvalue weighted by Crippen LogP contribution is -2.42. The number of hydrogen-bond acceptors (Lipinski definition) is 5. The highest BCUT2D eigenvalue weighted by Gasteiger charge is 2.32. The number of carbonyl (C=O) groups is 1. The molecule has 1 saturated heterocycles. The Labute approximate surface area is 191 Å². The number of ether oxygens (including phenoxy) is 1. The van der Waals surface area contributed by atoms with Gasteiger partial charge in [-0.15, -0.1) is 0 Å². The van der Waals surface area contributed by atoms with Crippen molar-refractivity contribution in [2.75, 3.05) is 19.7 Å². The van der Waals surface area contributed by atoms with Gasteiger partial charge in [-0.3, -0.25) is 4.79 Å². The predicted molar refractivity (Wildman–Crippen MR) is 117 cm³/mol. The van der Waals surface area contributed by atoms with Gasteiger partial charge in [-0.1, -0.05) is 17.7 Å². The lowest BCUT2D eigenvalue weighted by molar-refractivity contribution is -0.126. The zero-order valence-electron chi connectivity index (χ0n) is 17.5. The number of amides is 1. The Hall–Kier alpha value is -2.67.